The third kappa shape index (κ3) is 8.55. The number of hydrogen-bond donors (Lipinski definition) is 2. The first-order valence-electron chi connectivity index (χ1n) is 8.32. The third-order valence-corrected chi connectivity index (χ3v) is 3.48. The lowest BCUT2D eigenvalue weighted by atomic mass is 10.1. The molecule has 0 aliphatic heterocycles. The molecule has 2 N–H and O–H groups in total. The van der Waals surface area contributed by atoms with Crippen LogP contribution in [0.25, 0.3) is 0 Å². The van der Waals surface area contributed by atoms with Crippen molar-refractivity contribution >= 4 is 6.03 Å². The van der Waals surface area contributed by atoms with Crippen LogP contribution in [0.15, 0.2) is 12.3 Å². The molecule has 1 aromatic heterocycles. The van der Waals surface area contributed by atoms with Crippen LogP contribution in [0.3, 0.4) is 0 Å². The van der Waals surface area contributed by atoms with Crippen LogP contribution in [0.5, 0.6) is 6.01 Å². The average Bonchev–Trinajstić information content (AvgIpc) is 2.52. The van der Waals surface area contributed by atoms with Gasteiger partial charge in [-0.1, -0.05) is 26.2 Å². The minimum Gasteiger partial charge on any atom is -0.451 e. The van der Waals surface area contributed by atoms with E-state index in [9.17, 15) is 18.0 Å². The maximum atomic E-state index is 12.5. The quantitative estimate of drug-likeness (QED) is 0.659. The number of aromatic nitrogens is 2. The van der Waals surface area contributed by atoms with Gasteiger partial charge in [0.05, 0.1) is 12.2 Å². The number of rotatable bonds is 9. The van der Waals surface area contributed by atoms with Gasteiger partial charge in [-0.2, -0.15) is 18.2 Å². The van der Waals surface area contributed by atoms with Crippen molar-refractivity contribution in [2.75, 3.05) is 0 Å². The molecule has 0 aliphatic carbocycles. The number of carbonyl (C=O) groups is 1. The zero-order valence-corrected chi connectivity index (χ0v) is 14.7. The first-order chi connectivity index (χ1) is 11.7. The summed E-state index contributed by atoms with van der Waals surface area (Å²) in [5, 5.41) is 5.42. The number of urea groups is 1. The molecule has 0 saturated heterocycles. The Bertz CT molecular complexity index is 540. The molecule has 6 nitrogen and oxygen atoms in total. The first-order valence-corrected chi connectivity index (χ1v) is 8.32. The van der Waals surface area contributed by atoms with Crippen LogP contribution in [0.4, 0.5) is 18.0 Å². The summed E-state index contributed by atoms with van der Waals surface area (Å²) < 4.78 is 42.1. The maximum Gasteiger partial charge on any atom is 0.425 e. The van der Waals surface area contributed by atoms with Crippen LogP contribution < -0.4 is 15.4 Å². The Hall–Kier alpha value is -2.06. The van der Waals surface area contributed by atoms with E-state index in [1.54, 1.807) is 0 Å². The molecule has 1 rings (SSSR count). The molecule has 1 aromatic rings. The third-order valence-electron chi connectivity index (χ3n) is 3.48. The molecule has 0 aromatic carbocycles. The van der Waals surface area contributed by atoms with Gasteiger partial charge in [0, 0.05) is 12.2 Å². The van der Waals surface area contributed by atoms with E-state index in [1.165, 1.54) is 12.3 Å². The summed E-state index contributed by atoms with van der Waals surface area (Å²) >= 11 is 0. The Balaban J connectivity index is 2.44. The summed E-state index contributed by atoms with van der Waals surface area (Å²) in [6, 6.07) is 0.811. The maximum absolute atomic E-state index is 12.5. The first kappa shape index (κ1) is 21.0. The molecule has 1 unspecified atom stereocenters. The average molecular weight is 362 g/mol. The van der Waals surface area contributed by atoms with E-state index in [0.29, 0.717) is 5.69 Å². The number of halogens is 3. The molecule has 0 spiro atoms. The predicted molar refractivity (Wildman–Crippen MR) is 87.2 cm³/mol. The van der Waals surface area contributed by atoms with Gasteiger partial charge in [0.2, 0.25) is 0 Å². The number of hydrogen-bond acceptors (Lipinski definition) is 4. The standard InChI is InChI=1S/C16H25F3N4O2/c1-4-5-6-7-11(2)22-14(24)21-10-13-8-9-20-15(23-13)25-12(3)16(17,18)19/h8-9,11-12H,4-7,10H2,1-3H3,(H2,21,22,24)/t11?,12-/m0/s1. The molecule has 25 heavy (non-hydrogen) atoms. The lowest BCUT2D eigenvalue weighted by Crippen LogP contribution is -2.40. The Labute approximate surface area is 145 Å². The fourth-order valence-corrected chi connectivity index (χ4v) is 1.97. The Morgan fingerprint density at radius 2 is 2.04 bits per heavy atom. The number of alkyl halides is 3. The molecule has 0 fully saturated rings. The molecule has 142 valence electrons. The monoisotopic (exact) mass is 362 g/mol. The number of amides is 2. The lowest BCUT2D eigenvalue weighted by molar-refractivity contribution is -0.190. The normalized spacial score (nSPS) is 13.8. The summed E-state index contributed by atoms with van der Waals surface area (Å²) in [5.41, 5.74) is 0.355. The second-order valence-electron chi connectivity index (χ2n) is 5.86. The smallest absolute Gasteiger partial charge is 0.425 e. The molecule has 0 aliphatic rings. The van der Waals surface area contributed by atoms with Gasteiger partial charge < -0.3 is 15.4 Å². The molecule has 9 heteroatoms. The van der Waals surface area contributed by atoms with Gasteiger partial charge in [-0.25, -0.2) is 9.78 Å². The van der Waals surface area contributed by atoms with Gasteiger partial charge in [-0.15, -0.1) is 0 Å². The minimum absolute atomic E-state index is 0.0449. The molecule has 0 bridgehead atoms. The van der Waals surface area contributed by atoms with E-state index in [2.05, 4.69) is 32.3 Å². The summed E-state index contributed by atoms with van der Waals surface area (Å²) in [5.74, 6) is 0. The van der Waals surface area contributed by atoms with Crippen LogP contribution in [0.2, 0.25) is 0 Å². The SMILES string of the molecule is CCCCCC(C)NC(=O)NCc1ccnc(O[C@@H](C)C(F)(F)F)n1. The van der Waals surface area contributed by atoms with Crippen LogP contribution in [-0.4, -0.2) is 34.3 Å². The zero-order valence-electron chi connectivity index (χ0n) is 14.7. The largest absolute Gasteiger partial charge is 0.451 e. The van der Waals surface area contributed by atoms with Crippen molar-refractivity contribution in [3.05, 3.63) is 18.0 Å². The van der Waals surface area contributed by atoms with Gasteiger partial charge in [-0.3, -0.25) is 0 Å². The van der Waals surface area contributed by atoms with Crippen LogP contribution >= 0.6 is 0 Å². The van der Waals surface area contributed by atoms with Gasteiger partial charge >= 0.3 is 18.2 Å². The predicted octanol–water partition coefficient (Wildman–Crippen LogP) is 3.57. The van der Waals surface area contributed by atoms with Crippen molar-refractivity contribution in [3.63, 3.8) is 0 Å². The number of nitrogens with one attached hydrogen (secondary N) is 2. The van der Waals surface area contributed by atoms with Gasteiger partial charge in [0.1, 0.15) is 0 Å². The van der Waals surface area contributed by atoms with Gasteiger partial charge in [0.15, 0.2) is 6.10 Å². The second-order valence-corrected chi connectivity index (χ2v) is 5.86. The van der Waals surface area contributed by atoms with Crippen LogP contribution in [0, 0.1) is 0 Å². The molecule has 2 atom stereocenters. The molecule has 2 amide bonds. The fraction of sp³-hybridized carbons (Fsp3) is 0.688. The fourth-order valence-electron chi connectivity index (χ4n) is 1.97. The van der Waals surface area contributed by atoms with E-state index >= 15 is 0 Å². The highest BCUT2D eigenvalue weighted by molar-refractivity contribution is 5.74. The molecular weight excluding hydrogens is 337 g/mol. The Morgan fingerprint density at radius 3 is 2.68 bits per heavy atom. The Kier molecular flexibility index (Phi) is 8.44. The lowest BCUT2D eigenvalue weighted by Gasteiger charge is -2.16. The van der Waals surface area contributed by atoms with Crippen molar-refractivity contribution in [3.8, 4) is 6.01 Å². The molecule has 0 radical (unpaired) electrons. The Morgan fingerprint density at radius 1 is 1.32 bits per heavy atom. The second kappa shape index (κ2) is 10.0. The van der Waals surface area contributed by atoms with E-state index in [4.69, 9.17) is 0 Å². The summed E-state index contributed by atoms with van der Waals surface area (Å²) in [4.78, 5) is 19.3. The van der Waals surface area contributed by atoms with Crippen molar-refractivity contribution in [2.45, 2.75) is 71.3 Å². The van der Waals surface area contributed by atoms with Gasteiger partial charge in [-0.05, 0) is 26.3 Å². The van der Waals surface area contributed by atoms with E-state index in [1.807, 2.05) is 6.92 Å². The number of unbranched alkanes of at least 4 members (excludes halogenated alkanes) is 2. The highest BCUT2D eigenvalue weighted by atomic mass is 19.4. The van der Waals surface area contributed by atoms with Crippen molar-refractivity contribution in [2.24, 2.45) is 0 Å². The minimum atomic E-state index is -4.49. The number of carbonyl (C=O) groups excluding carboxylic acids is 1. The highest BCUT2D eigenvalue weighted by Gasteiger charge is 2.38. The van der Waals surface area contributed by atoms with Crippen molar-refractivity contribution in [1.82, 2.24) is 20.6 Å². The highest BCUT2D eigenvalue weighted by Crippen LogP contribution is 2.23. The van der Waals surface area contributed by atoms with Crippen LogP contribution in [0.1, 0.15) is 52.1 Å². The summed E-state index contributed by atoms with van der Waals surface area (Å²) in [6.07, 6.45) is -1.05. The molecule has 1 heterocycles. The van der Waals surface area contributed by atoms with Crippen LogP contribution in [-0.2, 0) is 6.54 Å². The number of nitrogens with zero attached hydrogens (tertiary/aromatic N) is 2. The van der Waals surface area contributed by atoms with E-state index in [0.717, 1.165) is 32.6 Å². The van der Waals surface area contributed by atoms with Crippen molar-refractivity contribution in [1.29, 1.82) is 0 Å². The summed E-state index contributed by atoms with van der Waals surface area (Å²) in [6.45, 7) is 4.97. The molecule has 0 saturated carbocycles. The van der Waals surface area contributed by atoms with Crippen molar-refractivity contribution < 1.29 is 22.7 Å². The van der Waals surface area contributed by atoms with E-state index in [-0.39, 0.29) is 24.6 Å². The number of ether oxygens (including phenoxy) is 1. The summed E-state index contributed by atoms with van der Waals surface area (Å²) in [7, 11) is 0. The topological polar surface area (TPSA) is 76.1 Å². The van der Waals surface area contributed by atoms with Gasteiger partial charge in [0.25, 0.3) is 0 Å². The van der Waals surface area contributed by atoms with E-state index < -0.39 is 12.3 Å². The zero-order chi connectivity index (χ0) is 18.9. The molecular formula is C16H25F3N4O2.